The highest BCUT2D eigenvalue weighted by molar-refractivity contribution is 7.80. The maximum Gasteiger partial charge on any atom is 0.309 e. The highest BCUT2D eigenvalue weighted by atomic mass is 32.1. The summed E-state index contributed by atoms with van der Waals surface area (Å²) in [5.41, 5.74) is 0.923. The summed E-state index contributed by atoms with van der Waals surface area (Å²) >= 11 is 5.60. The lowest BCUT2D eigenvalue weighted by atomic mass is 9.96. The van der Waals surface area contributed by atoms with Gasteiger partial charge in [0.1, 0.15) is 4.99 Å². The van der Waals surface area contributed by atoms with Crippen LogP contribution in [-0.2, 0) is 9.53 Å². The van der Waals surface area contributed by atoms with Crippen LogP contribution in [0.5, 0.6) is 11.5 Å². The zero-order chi connectivity index (χ0) is 16.8. The molecule has 1 aromatic rings. The van der Waals surface area contributed by atoms with E-state index in [9.17, 15) is 4.79 Å². The van der Waals surface area contributed by atoms with Crippen molar-refractivity contribution in [1.29, 1.82) is 0 Å². The van der Waals surface area contributed by atoms with Gasteiger partial charge in [-0.1, -0.05) is 12.2 Å². The average molecular weight is 337 g/mol. The van der Waals surface area contributed by atoms with Crippen molar-refractivity contribution >= 4 is 23.2 Å². The fraction of sp³-hybridized carbons (Fsp3) is 0.529. The zero-order valence-corrected chi connectivity index (χ0v) is 14.6. The normalized spacial score (nSPS) is 15.2. The van der Waals surface area contributed by atoms with Gasteiger partial charge in [0, 0.05) is 18.7 Å². The van der Waals surface area contributed by atoms with Crippen LogP contribution in [0, 0.1) is 5.92 Å². The number of carbonyl (C=O) groups is 1. The number of esters is 1. The Bertz CT molecular complexity index is 568. The van der Waals surface area contributed by atoms with Gasteiger partial charge in [0.05, 0.1) is 26.7 Å². The van der Waals surface area contributed by atoms with E-state index < -0.39 is 0 Å². The van der Waals surface area contributed by atoms with E-state index in [0.29, 0.717) is 18.1 Å². The predicted octanol–water partition coefficient (Wildman–Crippen LogP) is 2.65. The lowest BCUT2D eigenvalue weighted by molar-refractivity contribution is -0.149. The molecule has 1 aliphatic rings. The Kier molecular flexibility index (Phi) is 6.21. The van der Waals surface area contributed by atoms with Gasteiger partial charge in [-0.05, 0) is 38.0 Å². The van der Waals surface area contributed by atoms with Crippen molar-refractivity contribution < 1.29 is 19.0 Å². The quantitative estimate of drug-likeness (QED) is 0.608. The minimum Gasteiger partial charge on any atom is -0.493 e. The van der Waals surface area contributed by atoms with Crippen LogP contribution in [0.3, 0.4) is 0 Å². The van der Waals surface area contributed by atoms with Gasteiger partial charge in [-0.25, -0.2) is 0 Å². The second-order valence-electron chi connectivity index (χ2n) is 5.39. The van der Waals surface area contributed by atoms with Crippen molar-refractivity contribution in [1.82, 2.24) is 4.90 Å². The molecule has 1 fully saturated rings. The minimum absolute atomic E-state index is 0.0144. The molecule has 1 saturated heterocycles. The molecule has 1 heterocycles. The van der Waals surface area contributed by atoms with Gasteiger partial charge in [0.2, 0.25) is 0 Å². The summed E-state index contributed by atoms with van der Waals surface area (Å²) in [5.74, 6) is 1.23. The number of carbonyl (C=O) groups excluding carboxylic acids is 1. The Morgan fingerprint density at radius 2 is 1.87 bits per heavy atom. The summed E-state index contributed by atoms with van der Waals surface area (Å²) < 4.78 is 15.7. The molecule has 0 saturated carbocycles. The van der Waals surface area contributed by atoms with E-state index in [1.54, 1.807) is 14.2 Å². The summed E-state index contributed by atoms with van der Waals surface area (Å²) in [5, 5.41) is 0. The molecule has 0 aromatic heterocycles. The lowest BCUT2D eigenvalue weighted by Crippen LogP contribution is -2.40. The summed E-state index contributed by atoms with van der Waals surface area (Å²) in [7, 11) is 3.21. The number of piperidine rings is 1. The molecule has 126 valence electrons. The smallest absolute Gasteiger partial charge is 0.309 e. The molecule has 2 rings (SSSR count). The topological polar surface area (TPSA) is 48.0 Å². The third-order valence-corrected chi connectivity index (χ3v) is 4.53. The first-order valence-corrected chi connectivity index (χ1v) is 8.19. The summed E-state index contributed by atoms with van der Waals surface area (Å²) in [6.07, 6.45) is 1.54. The molecule has 0 aliphatic carbocycles. The number of nitrogens with zero attached hydrogens (tertiary/aromatic N) is 1. The maximum atomic E-state index is 11.8. The number of benzene rings is 1. The Hall–Kier alpha value is -1.82. The van der Waals surface area contributed by atoms with Crippen molar-refractivity contribution in [2.24, 2.45) is 5.92 Å². The molecule has 23 heavy (non-hydrogen) atoms. The first-order chi connectivity index (χ1) is 11.1. The molecule has 0 bridgehead atoms. The van der Waals surface area contributed by atoms with Crippen molar-refractivity contribution in [2.45, 2.75) is 19.8 Å². The van der Waals surface area contributed by atoms with Crippen molar-refractivity contribution in [3.8, 4) is 11.5 Å². The van der Waals surface area contributed by atoms with E-state index in [4.69, 9.17) is 26.4 Å². The van der Waals surface area contributed by atoms with Gasteiger partial charge in [0.15, 0.2) is 11.5 Å². The first-order valence-electron chi connectivity index (χ1n) is 7.78. The fourth-order valence-electron chi connectivity index (χ4n) is 2.73. The fourth-order valence-corrected chi connectivity index (χ4v) is 3.04. The van der Waals surface area contributed by atoms with E-state index in [2.05, 4.69) is 4.90 Å². The molecule has 0 radical (unpaired) electrons. The van der Waals surface area contributed by atoms with Gasteiger partial charge in [-0.15, -0.1) is 0 Å². The van der Waals surface area contributed by atoms with E-state index in [1.807, 2.05) is 25.1 Å². The van der Waals surface area contributed by atoms with Gasteiger partial charge in [0.25, 0.3) is 0 Å². The zero-order valence-electron chi connectivity index (χ0n) is 13.8. The molecular formula is C17H23NO4S. The van der Waals surface area contributed by atoms with Crippen LogP contribution in [-0.4, -0.2) is 49.8 Å². The van der Waals surface area contributed by atoms with Gasteiger partial charge >= 0.3 is 5.97 Å². The minimum atomic E-state index is -0.0933. The second kappa shape index (κ2) is 8.15. The number of hydrogen-bond donors (Lipinski definition) is 0. The Balaban J connectivity index is 2.01. The number of ether oxygens (including phenoxy) is 3. The predicted molar refractivity (Wildman–Crippen MR) is 92.2 cm³/mol. The molecule has 0 spiro atoms. The van der Waals surface area contributed by atoms with Crippen LogP contribution in [0.4, 0.5) is 0 Å². The lowest BCUT2D eigenvalue weighted by Gasteiger charge is -2.33. The monoisotopic (exact) mass is 337 g/mol. The van der Waals surface area contributed by atoms with Gasteiger partial charge in [-0.3, -0.25) is 4.79 Å². The number of likely N-dealkylation sites (tertiary alicyclic amines) is 1. The number of thiocarbonyl (C=S) groups is 1. The second-order valence-corrected chi connectivity index (χ2v) is 5.77. The van der Waals surface area contributed by atoms with Crippen molar-refractivity contribution in [3.63, 3.8) is 0 Å². The van der Waals surface area contributed by atoms with Crippen LogP contribution in [0.1, 0.15) is 25.3 Å². The summed E-state index contributed by atoms with van der Waals surface area (Å²) in [6.45, 7) is 3.79. The van der Waals surface area contributed by atoms with Crippen molar-refractivity contribution in [3.05, 3.63) is 23.8 Å². The molecule has 1 aliphatic heterocycles. The Labute approximate surface area is 142 Å². The van der Waals surface area contributed by atoms with Crippen LogP contribution in [0.15, 0.2) is 18.2 Å². The third kappa shape index (κ3) is 4.13. The highest BCUT2D eigenvalue weighted by Crippen LogP contribution is 2.29. The van der Waals surface area contributed by atoms with Crippen LogP contribution in [0.2, 0.25) is 0 Å². The largest absolute Gasteiger partial charge is 0.493 e. The Morgan fingerprint density at radius 3 is 2.43 bits per heavy atom. The molecule has 5 nitrogen and oxygen atoms in total. The van der Waals surface area contributed by atoms with Crippen molar-refractivity contribution in [2.75, 3.05) is 33.9 Å². The van der Waals surface area contributed by atoms with Gasteiger partial charge < -0.3 is 19.1 Å². The molecule has 0 N–H and O–H groups in total. The Morgan fingerprint density at radius 1 is 1.22 bits per heavy atom. The standard InChI is InChI=1S/C17H23NO4S/c1-4-22-17(19)12-7-9-18(10-8-12)16(23)13-5-6-14(20-2)15(11-13)21-3/h5-6,11-12H,4,7-10H2,1-3H3. The van der Waals surface area contributed by atoms with Gasteiger partial charge in [-0.2, -0.15) is 0 Å². The van der Waals surface area contributed by atoms with E-state index >= 15 is 0 Å². The number of rotatable bonds is 5. The van der Waals surface area contributed by atoms with Crippen LogP contribution in [0.25, 0.3) is 0 Å². The van der Waals surface area contributed by atoms with E-state index in [1.165, 1.54) is 0 Å². The molecule has 0 unspecified atom stereocenters. The SMILES string of the molecule is CCOC(=O)C1CCN(C(=S)c2ccc(OC)c(OC)c2)CC1. The molecule has 0 atom stereocenters. The third-order valence-electron chi connectivity index (χ3n) is 4.03. The van der Waals surface area contributed by atoms with Crippen LogP contribution >= 0.6 is 12.2 Å². The molecule has 6 heteroatoms. The first kappa shape index (κ1) is 17.5. The summed E-state index contributed by atoms with van der Waals surface area (Å²) in [6, 6.07) is 5.67. The number of methoxy groups -OCH3 is 2. The maximum absolute atomic E-state index is 11.8. The molecule has 1 aromatic carbocycles. The molecule has 0 amide bonds. The van der Waals surface area contributed by atoms with Crippen LogP contribution < -0.4 is 9.47 Å². The average Bonchev–Trinajstić information content (AvgIpc) is 2.60. The molecular weight excluding hydrogens is 314 g/mol. The highest BCUT2D eigenvalue weighted by Gasteiger charge is 2.27. The number of hydrogen-bond acceptors (Lipinski definition) is 5. The van der Waals surface area contributed by atoms with E-state index in [0.717, 1.165) is 36.5 Å². The summed E-state index contributed by atoms with van der Waals surface area (Å²) in [4.78, 5) is 14.7. The van der Waals surface area contributed by atoms with E-state index in [-0.39, 0.29) is 11.9 Å².